The molecule has 1 saturated carbocycles. The van der Waals surface area contributed by atoms with E-state index in [2.05, 4.69) is 27.8 Å². The van der Waals surface area contributed by atoms with Crippen molar-refractivity contribution < 1.29 is 4.79 Å². The number of carbonyl (C=O) groups excluding carboxylic acids is 1. The van der Waals surface area contributed by atoms with Crippen molar-refractivity contribution in [3.8, 4) is 0 Å². The quantitative estimate of drug-likeness (QED) is 0.811. The summed E-state index contributed by atoms with van der Waals surface area (Å²) >= 11 is 0. The lowest BCUT2D eigenvalue weighted by Crippen LogP contribution is -2.34. The maximum Gasteiger partial charge on any atom is 0.272 e. The fraction of sp³-hybridized carbons (Fsp3) is 0.583. The molecular formula is C12H18N4O. The van der Waals surface area contributed by atoms with Crippen molar-refractivity contribution in [3.05, 3.63) is 17.8 Å². The van der Waals surface area contributed by atoms with Gasteiger partial charge in [-0.05, 0) is 38.3 Å². The third kappa shape index (κ3) is 3.15. The van der Waals surface area contributed by atoms with E-state index in [4.69, 9.17) is 0 Å². The Bertz CT molecular complexity index is 397. The molecule has 5 nitrogen and oxygen atoms in total. The summed E-state index contributed by atoms with van der Waals surface area (Å²) in [7, 11) is 0. The summed E-state index contributed by atoms with van der Waals surface area (Å²) in [5.74, 6) is 0.570. The Kier molecular flexibility index (Phi) is 3.26. The molecule has 1 amide bonds. The maximum atomic E-state index is 11.8. The van der Waals surface area contributed by atoms with Crippen molar-refractivity contribution in [3.63, 3.8) is 0 Å². The van der Waals surface area contributed by atoms with E-state index in [0.717, 1.165) is 25.8 Å². The van der Waals surface area contributed by atoms with Crippen molar-refractivity contribution >= 4 is 11.7 Å². The van der Waals surface area contributed by atoms with E-state index in [1.165, 1.54) is 0 Å². The second-order valence-corrected chi connectivity index (χ2v) is 4.75. The van der Waals surface area contributed by atoms with Crippen LogP contribution in [0.25, 0.3) is 0 Å². The number of carbonyl (C=O) groups is 1. The molecule has 2 rings (SSSR count). The molecule has 2 N–H and O–H groups in total. The van der Waals surface area contributed by atoms with Crippen molar-refractivity contribution in [1.29, 1.82) is 0 Å². The zero-order chi connectivity index (χ0) is 12.3. The summed E-state index contributed by atoms with van der Waals surface area (Å²) in [6.45, 7) is 4.98. The summed E-state index contributed by atoms with van der Waals surface area (Å²) in [5.41, 5.74) is 0.359. The fourth-order valence-corrected chi connectivity index (χ4v) is 1.45. The highest BCUT2D eigenvalue weighted by atomic mass is 16.2. The number of amides is 1. The van der Waals surface area contributed by atoms with E-state index in [0.29, 0.717) is 11.5 Å². The minimum atomic E-state index is -0.139. The predicted molar refractivity (Wildman–Crippen MR) is 65.9 cm³/mol. The first-order chi connectivity index (χ1) is 8.13. The molecule has 0 spiro atoms. The lowest BCUT2D eigenvalue weighted by atomic mass is 10.3. The molecule has 1 heterocycles. The molecule has 17 heavy (non-hydrogen) atoms. The van der Waals surface area contributed by atoms with Crippen molar-refractivity contribution in [2.24, 2.45) is 0 Å². The van der Waals surface area contributed by atoms with Crippen LogP contribution in [0.15, 0.2) is 12.1 Å². The van der Waals surface area contributed by atoms with Crippen LogP contribution in [-0.4, -0.2) is 28.2 Å². The average Bonchev–Trinajstić information content (AvgIpc) is 3.04. The largest absolute Gasteiger partial charge is 0.369 e. The van der Waals surface area contributed by atoms with Crippen molar-refractivity contribution in [2.45, 2.75) is 38.6 Å². The molecule has 1 aromatic heterocycles. The number of hydrogen-bond acceptors (Lipinski definition) is 4. The summed E-state index contributed by atoms with van der Waals surface area (Å²) in [6, 6.07) is 3.48. The lowest BCUT2D eigenvalue weighted by Gasteiger charge is -2.10. The van der Waals surface area contributed by atoms with E-state index in [-0.39, 0.29) is 11.4 Å². The molecule has 0 aromatic carbocycles. The van der Waals surface area contributed by atoms with Gasteiger partial charge in [0.2, 0.25) is 0 Å². The van der Waals surface area contributed by atoms with Gasteiger partial charge in [-0.25, -0.2) is 0 Å². The number of aromatic nitrogens is 2. The van der Waals surface area contributed by atoms with Crippen LogP contribution in [-0.2, 0) is 0 Å². The second kappa shape index (κ2) is 4.69. The van der Waals surface area contributed by atoms with Gasteiger partial charge in [0.05, 0.1) is 0 Å². The van der Waals surface area contributed by atoms with Gasteiger partial charge in [-0.3, -0.25) is 4.79 Å². The van der Waals surface area contributed by atoms with Crippen LogP contribution >= 0.6 is 0 Å². The zero-order valence-corrected chi connectivity index (χ0v) is 10.3. The summed E-state index contributed by atoms with van der Waals surface area (Å²) in [4.78, 5) is 11.8. The van der Waals surface area contributed by atoms with Gasteiger partial charge in [-0.2, -0.15) is 0 Å². The molecule has 0 unspecified atom stereocenters. The van der Waals surface area contributed by atoms with Crippen LogP contribution in [0.3, 0.4) is 0 Å². The Labute approximate surface area is 101 Å². The molecule has 0 atom stereocenters. The highest BCUT2D eigenvalue weighted by Crippen LogP contribution is 2.34. The van der Waals surface area contributed by atoms with E-state index in [1.54, 1.807) is 12.1 Å². The smallest absolute Gasteiger partial charge is 0.272 e. The lowest BCUT2D eigenvalue weighted by molar-refractivity contribution is 0.0929. The van der Waals surface area contributed by atoms with Crippen LogP contribution < -0.4 is 10.6 Å². The van der Waals surface area contributed by atoms with Crippen LogP contribution in [0.4, 0.5) is 5.82 Å². The van der Waals surface area contributed by atoms with Crippen LogP contribution in [0.2, 0.25) is 0 Å². The maximum absolute atomic E-state index is 11.8. The Hall–Kier alpha value is -1.65. The molecule has 1 aromatic rings. The van der Waals surface area contributed by atoms with Gasteiger partial charge in [0.1, 0.15) is 5.82 Å². The Balaban J connectivity index is 1.94. The molecule has 1 aliphatic rings. The van der Waals surface area contributed by atoms with Crippen molar-refractivity contribution in [1.82, 2.24) is 15.5 Å². The number of anilines is 1. The van der Waals surface area contributed by atoms with E-state index >= 15 is 0 Å². The van der Waals surface area contributed by atoms with Crippen LogP contribution in [0.5, 0.6) is 0 Å². The first-order valence-corrected chi connectivity index (χ1v) is 6.03. The van der Waals surface area contributed by atoms with Crippen molar-refractivity contribution in [2.75, 3.05) is 11.9 Å². The zero-order valence-electron chi connectivity index (χ0n) is 10.3. The minimum absolute atomic E-state index is 0.0160. The number of hydrogen-bond donors (Lipinski definition) is 2. The molecule has 1 aliphatic carbocycles. The first-order valence-electron chi connectivity index (χ1n) is 6.03. The predicted octanol–water partition coefficient (Wildman–Crippen LogP) is 1.58. The highest BCUT2D eigenvalue weighted by Gasteiger charge is 2.39. The molecule has 92 valence electrons. The van der Waals surface area contributed by atoms with Gasteiger partial charge in [-0.15, -0.1) is 10.2 Å². The fourth-order valence-electron chi connectivity index (χ4n) is 1.45. The Morgan fingerprint density at radius 3 is 2.71 bits per heavy atom. The van der Waals surface area contributed by atoms with E-state index in [1.807, 2.05) is 6.92 Å². The van der Waals surface area contributed by atoms with Gasteiger partial charge in [0.15, 0.2) is 5.69 Å². The van der Waals surface area contributed by atoms with Gasteiger partial charge >= 0.3 is 0 Å². The van der Waals surface area contributed by atoms with Crippen LogP contribution in [0, 0.1) is 0 Å². The molecule has 0 aliphatic heterocycles. The normalized spacial score (nSPS) is 16.4. The standard InChI is InChI=1S/C12H18N4O/c1-3-8-13-10-5-4-9(15-16-10)11(17)14-12(2)6-7-12/h4-5H,3,6-8H2,1-2H3,(H,13,16)(H,14,17). The summed E-state index contributed by atoms with van der Waals surface area (Å²) < 4.78 is 0. The Morgan fingerprint density at radius 1 is 1.41 bits per heavy atom. The van der Waals surface area contributed by atoms with Gasteiger partial charge in [-0.1, -0.05) is 6.92 Å². The Morgan fingerprint density at radius 2 is 2.18 bits per heavy atom. The number of nitrogens with one attached hydrogen (secondary N) is 2. The molecule has 5 heteroatoms. The highest BCUT2D eigenvalue weighted by molar-refractivity contribution is 5.92. The SMILES string of the molecule is CCCNc1ccc(C(=O)NC2(C)CC2)nn1. The monoisotopic (exact) mass is 234 g/mol. The van der Waals surface area contributed by atoms with E-state index in [9.17, 15) is 4.79 Å². The van der Waals surface area contributed by atoms with Gasteiger partial charge in [0, 0.05) is 12.1 Å². The molecule has 1 fully saturated rings. The van der Waals surface area contributed by atoms with Crippen LogP contribution in [0.1, 0.15) is 43.6 Å². The molecule has 0 saturated heterocycles. The summed E-state index contributed by atoms with van der Waals surface area (Å²) in [5, 5.41) is 13.9. The molecule has 0 radical (unpaired) electrons. The number of nitrogens with zero attached hydrogens (tertiary/aromatic N) is 2. The second-order valence-electron chi connectivity index (χ2n) is 4.75. The van der Waals surface area contributed by atoms with E-state index < -0.39 is 0 Å². The molecular weight excluding hydrogens is 216 g/mol. The summed E-state index contributed by atoms with van der Waals surface area (Å²) in [6.07, 6.45) is 3.12. The topological polar surface area (TPSA) is 66.9 Å². The molecule has 0 bridgehead atoms. The third-order valence-electron chi connectivity index (χ3n) is 2.87. The van der Waals surface area contributed by atoms with Gasteiger partial charge in [0.25, 0.3) is 5.91 Å². The minimum Gasteiger partial charge on any atom is -0.369 e. The first kappa shape index (κ1) is 11.8. The third-order valence-corrected chi connectivity index (χ3v) is 2.87. The number of rotatable bonds is 5. The van der Waals surface area contributed by atoms with Gasteiger partial charge < -0.3 is 10.6 Å². The average molecular weight is 234 g/mol.